The Morgan fingerprint density at radius 2 is 2.00 bits per heavy atom. The fraction of sp³-hybridized carbons (Fsp3) is 0.429. The molecule has 1 rings (SSSR count). The van der Waals surface area contributed by atoms with E-state index in [0.717, 1.165) is 0 Å². The number of methoxy groups -OCH3 is 1. The molecule has 0 saturated heterocycles. The zero-order chi connectivity index (χ0) is 12.7. The SMILES string of the molecule is CCC([C]=O)C(COC)C(=O)c1ccccc1. The van der Waals surface area contributed by atoms with Crippen LogP contribution >= 0.6 is 0 Å². The fourth-order valence-corrected chi connectivity index (χ4v) is 1.82. The molecule has 0 fully saturated rings. The third-order valence-corrected chi connectivity index (χ3v) is 2.82. The number of rotatable bonds is 7. The van der Waals surface area contributed by atoms with Crippen molar-refractivity contribution < 1.29 is 14.3 Å². The molecule has 0 heterocycles. The van der Waals surface area contributed by atoms with Crippen molar-refractivity contribution in [3.8, 4) is 0 Å². The summed E-state index contributed by atoms with van der Waals surface area (Å²) in [6, 6.07) is 8.97. The van der Waals surface area contributed by atoms with E-state index in [2.05, 4.69) is 0 Å². The Labute approximate surface area is 102 Å². The lowest BCUT2D eigenvalue weighted by Crippen LogP contribution is -2.28. The predicted molar refractivity (Wildman–Crippen MR) is 65.6 cm³/mol. The van der Waals surface area contributed by atoms with Gasteiger partial charge in [0.1, 0.15) is 0 Å². The minimum absolute atomic E-state index is 0.0531. The van der Waals surface area contributed by atoms with Crippen LogP contribution in [0, 0.1) is 11.8 Å². The van der Waals surface area contributed by atoms with E-state index in [4.69, 9.17) is 4.74 Å². The number of carbonyl (C=O) groups is 1. The Balaban J connectivity index is 2.91. The molecule has 0 saturated carbocycles. The monoisotopic (exact) mass is 233 g/mol. The molecule has 0 aliphatic rings. The number of benzene rings is 1. The summed E-state index contributed by atoms with van der Waals surface area (Å²) in [5, 5.41) is 0. The second-order valence-corrected chi connectivity index (χ2v) is 3.92. The summed E-state index contributed by atoms with van der Waals surface area (Å²) >= 11 is 0. The molecule has 0 N–H and O–H groups in total. The van der Waals surface area contributed by atoms with E-state index in [-0.39, 0.29) is 12.4 Å². The maximum atomic E-state index is 12.2. The number of ketones is 1. The lowest BCUT2D eigenvalue weighted by atomic mass is 9.85. The number of hydrogen-bond acceptors (Lipinski definition) is 3. The maximum absolute atomic E-state index is 12.2. The highest BCUT2D eigenvalue weighted by molar-refractivity contribution is 5.99. The van der Waals surface area contributed by atoms with Gasteiger partial charge in [-0.05, 0) is 6.42 Å². The molecule has 0 amide bonds. The summed E-state index contributed by atoms with van der Waals surface area (Å²) in [6.45, 7) is 2.12. The van der Waals surface area contributed by atoms with Gasteiger partial charge in [-0.15, -0.1) is 0 Å². The summed E-state index contributed by atoms with van der Waals surface area (Å²) < 4.78 is 5.03. The molecule has 91 valence electrons. The van der Waals surface area contributed by atoms with Crippen molar-refractivity contribution in [1.29, 1.82) is 0 Å². The van der Waals surface area contributed by atoms with Crippen LogP contribution in [0.2, 0.25) is 0 Å². The minimum Gasteiger partial charge on any atom is -0.384 e. The molecule has 2 unspecified atom stereocenters. The number of ether oxygens (including phenoxy) is 1. The Morgan fingerprint density at radius 1 is 1.35 bits per heavy atom. The van der Waals surface area contributed by atoms with Crippen molar-refractivity contribution >= 4 is 12.1 Å². The molecule has 3 nitrogen and oxygen atoms in total. The topological polar surface area (TPSA) is 43.4 Å². The molecular formula is C14H17O3. The zero-order valence-electron chi connectivity index (χ0n) is 10.2. The van der Waals surface area contributed by atoms with Gasteiger partial charge in [-0.25, -0.2) is 0 Å². The van der Waals surface area contributed by atoms with Crippen molar-refractivity contribution in [2.75, 3.05) is 13.7 Å². The second-order valence-electron chi connectivity index (χ2n) is 3.92. The number of hydrogen-bond donors (Lipinski definition) is 0. The Hall–Kier alpha value is -1.48. The van der Waals surface area contributed by atoms with Crippen LogP contribution in [0.25, 0.3) is 0 Å². The highest BCUT2D eigenvalue weighted by Crippen LogP contribution is 2.19. The van der Waals surface area contributed by atoms with Crippen molar-refractivity contribution in [2.45, 2.75) is 13.3 Å². The first kappa shape index (κ1) is 13.6. The van der Waals surface area contributed by atoms with Gasteiger partial charge in [-0.2, -0.15) is 0 Å². The van der Waals surface area contributed by atoms with E-state index in [1.165, 1.54) is 7.11 Å². The van der Waals surface area contributed by atoms with Gasteiger partial charge in [-0.1, -0.05) is 37.3 Å². The molecule has 17 heavy (non-hydrogen) atoms. The third kappa shape index (κ3) is 3.49. The number of carbonyl (C=O) groups excluding carboxylic acids is 2. The average Bonchev–Trinajstić information content (AvgIpc) is 2.39. The van der Waals surface area contributed by atoms with E-state index in [9.17, 15) is 9.59 Å². The summed E-state index contributed by atoms with van der Waals surface area (Å²) in [7, 11) is 1.53. The summed E-state index contributed by atoms with van der Waals surface area (Å²) in [6.07, 6.45) is 2.53. The maximum Gasteiger partial charge on any atom is 0.202 e. The number of Topliss-reactive ketones (excluding diaryl/α,β-unsaturated/α-hetero) is 1. The van der Waals surface area contributed by atoms with Crippen LogP contribution in [-0.2, 0) is 9.53 Å². The minimum atomic E-state index is -0.440. The van der Waals surface area contributed by atoms with Crippen LogP contribution in [0.1, 0.15) is 23.7 Å². The first-order valence-corrected chi connectivity index (χ1v) is 5.70. The molecule has 2 atom stereocenters. The van der Waals surface area contributed by atoms with Gasteiger partial charge < -0.3 is 4.74 Å². The molecule has 0 aliphatic heterocycles. The highest BCUT2D eigenvalue weighted by atomic mass is 16.5. The van der Waals surface area contributed by atoms with Crippen LogP contribution in [0.4, 0.5) is 0 Å². The molecule has 1 aromatic rings. The highest BCUT2D eigenvalue weighted by Gasteiger charge is 2.28. The average molecular weight is 233 g/mol. The molecule has 1 aromatic carbocycles. The Morgan fingerprint density at radius 3 is 2.47 bits per heavy atom. The van der Waals surface area contributed by atoms with E-state index in [1.807, 2.05) is 31.4 Å². The second kappa shape index (κ2) is 6.97. The van der Waals surface area contributed by atoms with Gasteiger partial charge in [0.05, 0.1) is 12.5 Å². The van der Waals surface area contributed by atoms with Gasteiger partial charge in [0.15, 0.2) is 5.78 Å². The van der Waals surface area contributed by atoms with Crippen LogP contribution < -0.4 is 0 Å². The quantitative estimate of drug-likeness (QED) is 0.678. The molecule has 0 bridgehead atoms. The van der Waals surface area contributed by atoms with Crippen LogP contribution in [-0.4, -0.2) is 25.8 Å². The van der Waals surface area contributed by atoms with Gasteiger partial charge in [0.25, 0.3) is 0 Å². The van der Waals surface area contributed by atoms with Gasteiger partial charge in [-0.3, -0.25) is 9.59 Å². The van der Waals surface area contributed by atoms with Crippen molar-refractivity contribution in [1.82, 2.24) is 0 Å². The predicted octanol–water partition coefficient (Wildman–Crippen LogP) is 2.27. The van der Waals surface area contributed by atoms with Crippen molar-refractivity contribution in [3.63, 3.8) is 0 Å². The van der Waals surface area contributed by atoms with E-state index in [1.54, 1.807) is 12.1 Å². The van der Waals surface area contributed by atoms with Gasteiger partial charge >= 0.3 is 0 Å². The summed E-state index contributed by atoms with van der Waals surface area (Å²) in [5.41, 5.74) is 0.614. The zero-order valence-corrected chi connectivity index (χ0v) is 10.2. The smallest absolute Gasteiger partial charge is 0.202 e. The molecule has 0 aromatic heterocycles. The van der Waals surface area contributed by atoms with Crippen LogP contribution in [0.15, 0.2) is 30.3 Å². The van der Waals surface area contributed by atoms with E-state index < -0.39 is 11.8 Å². The standard InChI is InChI=1S/C14H17O3/c1-3-11(9-15)13(10-17-2)14(16)12-7-5-4-6-8-12/h4-8,11,13H,3,10H2,1-2H3. The normalized spacial score (nSPS) is 14.0. The largest absolute Gasteiger partial charge is 0.384 e. The Bertz CT molecular complexity index is 359. The van der Waals surface area contributed by atoms with Crippen LogP contribution in [0.3, 0.4) is 0 Å². The summed E-state index contributed by atoms with van der Waals surface area (Å²) in [4.78, 5) is 23.1. The van der Waals surface area contributed by atoms with Gasteiger partial charge in [0.2, 0.25) is 6.29 Å². The first-order chi connectivity index (χ1) is 8.24. The molecule has 1 radical (unpaired) electrons. The summed E-state index contributed by atoms with van der Waals surface area (Å²) in [5.74, 6) is -0.893. The molecular weight excluding hydrogens is 216 g/mol. The fourth-order valence-electron chi connectivity index (χ4n) is 1.82. The van der Waals surface area contributed by atoms with Crippen molar-refractivity contribution in [3.05, 3.63) is 35.9 Å². The first-order valence-electron chi connectivity index (χ1n) is 5.70. The lowest BCUT2D eigenvalue weighted by molar-refractivity contribution is 0.0752. The molecule has 3 heteroatoms. The van der Waals surface area contributed by atoms with Crippen LogP contribution in [0.5, 0.6) is 0 Å². The van der Waals surface area contributed by atoms with E-state index in [0.29, 0.717) is 12.0 Å². The Kier molecular flexibility index (Phi) is 5.57. The molecule has 0 aliphatic carbocycles. The molecule has 0 spiro atoms. The van der Waals surface area contributed by atoms with Gasteiger partial charge in [0, 0.05) is 18.6 Å². The lowest BCUT2D eigenvalue weighted by Gasteiger charge is -2.19. The van der Waals surface area contributed by atoms with Crippen molar-refractivity contribution in [2.24, 2.45) is 11.8 Å². The van der Waals surface area contributed by atoms with E-state index >= 15 is 0 Å². The third-order valence-electron chi connectivity index (χ3n) is 2.82.